The molecule has 1 aromatic carbocycles. The zero-order valence-corrected chi connectivity index (χ0v) is 12.5. The van der Waals surface area contributed by atoms with E-state index in [9.17, 15) is 10.1 Å². The van der Waals surface area contributed by atoms with Crippen LogP contribution in [0.15, 0.2) is 44.2 Å². The summed E-state index contributed by atoms with van der Waals surface area (Å²) in [5, 5.41) is 10.5. The van der Waals surface area contributed by atoms with E-state index in [2.05, 4.69) is 20.9 Å². The summed E-state index contributed by atoms with van der Waals surface area (Å²) >= 11 is 3.40. The molecule has 1 heterocycles. The maximum Gasteiger partial charge on any atom is 0.269 e. The van der Waals surface area contributed by atoms with Gasteiger partial charge in [-0.25, -0.2) is 0 Å². The van der Waals surface area contributed by atoms with Crippen molar-refractivity contribution in [2.75, 3.05) is 19.0 Å². The van der Waals surface area contributed by atoms with Crippen LogP contribution >= 0.6 is 15.9 Å². The van der Waals surface area contributed by atoms with Gasteiger partial charge in [-0.1, -0.05) is 0 Å². The van der Waals surface area contributed by atoms with Gasteiger partial charge in [-0.15, -0.1) is 0 Å². The number of halogens is 1. The number of anilines is 1. The highest BCUT2D eigenvalue weighted by molar-refractivity contribution is 9.10. The molecule has 0 bridgehead atoms. The lowest BCUT2D eigenvalue weighted by Gasteiger charge is -2.07. The van der Waals surface area contributed by atoms with Crippen molar-refractivity contribution in [1.82, 2.24) is 0 Å². The van der Waals surface area contributed by atoms with Crippen LogP contribution in [0.25, 0.3) is 0 Å². The third-order valence-corrected chi connectivity index (χ3v) is 3.06. The monoisotopic (exact) mass is 337 g/mol. The Morgan fingerprint density at radius 2 is 2.00 bits per heavy atom. The summed E-state index contributed by atoms with van der Waals surface area (Å²) in [5.41, 5.74) is 0.661. The molecule has 0 fully saturated rings. The first-order valence-corrected chi connectivity index (χ1v) is 6.52. The van der Waals surface area contributed by atoms with Crippen LogP contribution < -0.4 is 4.90 Å². The number of furan rings is 1. The molecule has 20 heavy (non-hydrogen) atoms. The van der Waals surface area contributed by atoms with E-state index in [0.29, 0.717) is 17.3 Å². The second kappa shape index (κ2) is 5.87. The summed E-state index contributed by atoms with van der Waals surface area (Å²) in [6.45, 7) is 0. The Morgan fingerprint density at radius 3 is 2.50 bits per heavy atom. The van der Waals surface area contributed by atoms with Gasteiger partial charge in [0.2, 0.25) is 5.88 Å². The number of nitrogens with zero attached hydrogens (tertiary/aromatic N) is 3. The quantitative estimate of drug-likeness (QED) is 0.483. The van der Waals surface area contributed by atoms with Gasteiger partial charge in [0.15, 0.2) is 0 Å². The molecule has 0 N–H and O–H groups in total. The first-order chi connectivity index (χ1) is 9.47. The molecule has 104 valence electrons. The smallest absolute Gasteiger partial charge is 0.269 e. The summed E-state index contributed by atoms with van der Waals surface area (Å²) in [6, 6.07) is 7.80. The first kappa shape index (κ1) is 14.3. The number of nitro groups is 1. The molecule has 1 aromatic heterocycles. The zero-order valence-electron chi connectivity index (χ0n) is 10.9. The van der Waals surface area contributed by atoms with Crippen molar-refractivity contribution >= 4 is 39.4 Å². The number of hydrogen-bond donors (Lipinski definition) is 0. The van der Waals surface area contributed by atoms with Gasteiger partial charge in [0.1, 0.15) is 5.76 Å². The van der Waals surface area contributed by atoms with Crippen molar-refractivity contribution < 1.29 is 9.34 Å². The normalized spacial score (nSPS) is 10.9. The van der Waals surface area contributed by atoms with Crippen molar-refractivity contribution in [2.45, 2.75) is 0 Å². The molecular formula is C13H12BrN3O3. The van der Waals surface area contributed by atoms with Gasteiger partial charge in [0, 0.05) is 32.3 Å². The summed E-state index contributed by atoms with van der Waals surface area (Å²) < 4.78 is 6.42. The lowest BCUT2D eigenvalue weighted by atomic mass is 10.3. The van der Waals surface area contributed by atoms with Crippen LogP contribution in [0, 0.1) is 10.1 Å². The second-order valence-electron chi connectivity index (χ2n) is 4.23. The van der Waals surface area contributed by atoms with E-state index in [0.717, 1.165) is 4.47 Å². The predicted octanol–water partition coefficient (Wildman–Crippen LogP) is 3.77. The fourth-order valence-corrected chi connectivity index (χ4v) is 2.20. The molecule has 2 rings (SSSR count). The highest BCUT2D eigenvalue weighted by Gasteiger charge is 2.09. The van der Waals surface area contributed by atoms with Gasteiger partial charge in [-0.3, -0.25) is 15.1 Å². The van der Waals surface area contributed by atoms with Crippen molar-refractivity contribution in [3.05, 3.63) is 50.7 Å². The Kier molecular flexibility index (Phi) is 4.19. The molecule has 0 saturated heterocycles. The highest BCUT2D eigenvalue weighted by atomic mass is 79.9. The number of hydrogen-bond acceptors (Lipinski definition) is 5. The molecule has 0 aliphatic heterocycles. The number of nitro benzene ring substituents is 1. The Labute approximate surface area is 124 Å². The molecule has 0 amide bonds. The van der Waals surface area contributed by atoms with Crippen LogP contribution in [0.4, 0.5) is 17.3 Å². The number of aliphatic imine (C=N–C) groups is 1. The van der Waals surface area contributed by atoms with Crippen LogP contribution in [-0.4, -0.2) is 25.2 Å². The number of benzene rings is 1. The molecule has 0 unspecified atom stereocenters. The van der Waals surface area contributed by atoms with E-state index >= 15 is 0 Å². The molecule has 6 nitrogen and oxygen atoms in total. The molecule has 0 aliphatic rings. The van der Waals surface area contributed by atoms with E-state index in [1.54, 1.807) is 18.3 Å². The van der Waals surface area contributed by atoms with Gasteiger partial charge in [0.25, 0.3) is 5.69 Å². The van der Waals surface area contributed by atoms with E-state index in [1.165, 1.54) is 12.1 Å². The van der Waals surface area contributed by atoms with Crippen molar-refractivity contribution in [3.63, 3.8) is 0 Å². The second-order valence-corrected chi connectivity index (χ2v) is 5.08. The summed E-state index contributed by atoms with van der Waals surface area (Å²) in [7, 11) is 3.75. The Hall–Kier alpha value is -2.15. The maximum absolute atomic E-state index is 10.5. The number of non-ortho nitro benzene ring substituents is 1. The van der Waals surface area contributed by atoms with Crippen molar-refractivity contribution in [2.24, 2.45) is 4.99 Å². The Bertz CT molecular complexity index is 647. The molecule has 0 saturated carbocycles. The van der Waals surface area contributed by atoms with Crippen molar-refractivity contribution in [3.8, 4) is 0 Å². The van der Waals surface area contributed by atoms with Gasteiger partial charge in [0.05, 0.1) is 21.3 Å². The number of rotatable bonds is 4. The molecule has 0 radical (unpaired) electrons. The lowest BCUT2D eigenvalue weighted by Crippen LogP contribution is -2.07. The zero-order chi connectivity index (χ0) is 14.7. The van der Waals surface area contributed by atoms with Crippen LogP contribution in [0.3, 0.4) is 0 Å². The molecule has 2 aromatic rings. The minimum Gasteiger partial charge on any atom is -0.438 e. The highest BCUT2D eigenvalue weighted by Crippen LogP contribution is 2.28. The SMILES string of the molecule is CN(C)c1oc(C=Nc2ccc([N+](=O)[O-])cc2)cc1Br. The molecular weight excluding hydrogens is 326 g/mol. The van der Waals surface area contributed by atoms with E-state index in [4.69, 9.17) is 4.42 Å². The summed E-state index contributed by atoms with van der Waals surface area (Å²) in [6.07, 6.45) is 1.57. The van der Waals surface area contributed by atoms with E-state index in [-0.39, 0.29) is 5.69 Å². The minimum atomic E-state index is -0.444. The molecule has 7 heteroatoms. The predicted molar refractivity (Wildman–Crippen MR) is 81.1 cm³/mol. The van der Waals surface area contributed by atoms with Crippen LogP contribution in [0.1, 0.15) is 5.76 Å². The van der Waals surface area contributed by atoms with Crippen molar-refractivity contribution in [1.29, 1.82) is 0 Å². The Morgan fingerprint density at radius 1 is 1.35 bits per heavy atom. The van der Waals surface area contributed by atoms with Crippen LogP contribution in [-0.2, 0) is 0 Å². The summed E-state index contributed by atoms with van der Waals surface area (Å²) in [4.78, 5) is 16.1. The standard InChI is InChI=1S/C13H12BrN3O3/c1-16(2)13-12(14)7-11(20-13)8-15-9-3-5-10(6-4-9)17(18)19/h3-8H,1-2H3. The lowest BCUT2D eigenvalue weighted by molar-refractivity contribution is -0.384. The van der Waals surface area contributed by atoms with Gasteiger partial charge in [-0.2, -0.15) is 0 Å². The average Bonchev–Trinajstić information content (AvgIpc) is 2.78. The topological polar surface area (TPSA) is 71.9 Å². The van der Waals surface area contributed by atoms with Gasteiger partial charge in [-0.05, 0) is 28.1 Å². The minimum absolute atomic E-state index is 0.0413. The fraction of sp³-hybridized carbons (Fsp3) is 0.154. The Balaban J connectivity index is 2.16. The molecule has 0 atom stereocenters. The van der Waals surface area contributed by atoms with Crippen LogP contribution in [0.5, 0.6) is 0 Å². The maximum atomic E-state index is 10.5. The van der Waals surface area contributed by atoms with E-state index in [1.807, 2.05) is 25.1 Å². The van der Waals surface area contributed by atoms with Gasteiger partial charge >= 0.3 is 0 Å². The van der Waals surface area contributed by atoms with E-state index < -0.39 is 4.92 Å². The largest absolute Gasteiger partial charge is 0.438 e. The average molecular weight is 338 g/mol. The van der Waals surface area contributed by atoms with Crippen LogP contribution in [0.2, 0.25) is 0 Å². The summed E-state index contributed by atoms with van der Waals surface area (Å²) in [5.74, 6) is 1.30. The molecule has 0 spiro atoms. The third-order valence-electron chi connectivity index (χ3n) is 2.50. The van der Waals surface area contributed by atoms with Gasteiger partial charge < -0.3 is 9.32 Å². The first-order valence-electron chi connectivity index (χ1n) is 5.72. The third kappa shape index (κ3) is 3.24. The fourth-order valence-electron chi connectivity index (χ4n) is 1.54. The molecule has 0 aliphatic carbocycles.